The first-order valence-corrected chi connectivity index (χ1v) is 11.8. The lowest BCUT2D eigenvalue weighted by atomic mass is 10.2. The van der Waals surface area contributed by atoms with Crippen LogP contribution >= 0.6 is 11.6 Å². The molecular formula is C21H24ClN3O6S. The molecule has 0 unspecified atom stereocenters. The minimum Gasteiger partial charge on any atom is -0.495 e. The van der Waals surface area contributed by atoms with Gasteiger partial charge in [0.2, 0.25) is 0 Å². The number of methoxy groups -OCH3 is 1. The molecule has 1 aliphatic rings. The lowest BCUT2D eigenvalue weighted by Crippen LogP contribution is -2.50. The summed E-state index contributed by atoms with van der Waals surface area (Å²) in [7, 11) is -2.59. The Morgan fingerprint density at radius 1 is 1.06 bits per heavy atom. The van der Waals surface area contributed by atoms with Crippen molar-refractivity contribution >= 4 is 39.3 Å². The zero-order valence-corrected chi connectivity index (χ0v) is 19.3. The SMILES string of the molecule is CCOC(=O)N1CCN(C(=O)c2cccc(S(=O)(=O)Nc3cc(Cl)ccc3OC)c2)CC1. The van der Waals surface area contributed by atoms with E-state index >= 15 is 0 Å². The first-order valence-electron chi connectivity index (χ1n) is 9.92. The summed E-state index contributed by atoms with van der Waals surface area (Å²) in [6.45, 7) is 3.36. The third kappa shape index (κ3) is 5.43. The average molecular weight is 482 g/mol. The van der Waals surface area contributed by atoms with Gasteiger partial charge in [-0.1, -0.05) is 17.7 Å². The first-order chi connectivity index (χ1) is 15.2. The highest BCUT2D eigenvalue weighted by Gasteiger charge is 2.26. The summed E-state index contributed by atoms with van der Waals surface area (Å²) in [5.74, 6) is -0.00410. The summed E-state index contributed by atoms with van der Waals surface area (Å²) >= 11 is 5.98. The fourth-order valence-corrected chi connectivity index (χ4v) is 4.53. The molecular weight excluding hydrogens is 458 g/mol. The Kier molecular flexibility index (Phi) is 7.47. The van der Waals surface area contributed by atoms with E-state index in [9.17, 15) is 18.0 Å². The molecule has 32 heavy (non-hydrogen) atoms. The number of rotatable bonds is 6. The van der Waals surface area contributed by atoms with Gasteiger partial charge in [0.15, 0.2) is 0 Å². The highest BCUT2D eigenvalue weighted by Crippen LogP contribution is 2.30. The molecule has 0 bridgehead atoms. The number of benzene rings is 2. The number of halogens is 1. The Morgan fingerprint density at radius 3 is 2.41 bits per heavy atom. The van der Waals surface area contributed by atoms with Gasteiger partial charge in [-0.05, 0) is 43.3 Å². The zero-order valence-electron chi connectivity index (χ0n) is 17.7. The van der Waals surface area contributed by atoms with Crippen molar-refractivity contribution in [3.05, 3.63) is 53.1 Å². The molecule has 1 fully saturated rings. The van der Waals surface area contributed by atoms with Crippen LogP contribution < -0.4 is 9.46 Å². The number of carbonyl (C=O) groups is 2. The number of piperazine rings is 1. The van der Waals surface area contributed by atoms with Gasteiger partial charge >= 0.3 is 6.09 Å². The molecule has 3 rings (SSSR count). The molecule has 11 heteroatoms. The Morgan fingerprint density at radius 2 is 1.75 bits per heavy atom. The predicted molar refractivity (Wildman–Crippen MR) is 120 cm³/mol. The fourth-order valence-electron chi connectivity index (χ4n) is 3.25. The van der Waals surface area contributed by atoms with Crippen LogP contribution in [0.4, 0.5) is 10.5 Å². The van der Waals surface area contributed by atoms with Crippen molar-refractivity contribution < 1.29 is 27.5 Å². The third-order valence-corrected chi connectivity index (χ3v) is 6.49. The van der Waals surface area contributed by atoms with Gasteiger partial charge in [0.1, 0.15) is 5.75 Å². The molecule has 0 spiro atoms. The number of hydrogen-bond acceptors (Lipinski definition) is 6. The maximum atomic E-state index is 12.9. The van der Waals surface area contributed by atoms with Gasteiger partial charge < -0.3 is 19.3 Å². The van der Waals surface area contributed by atoms with Crippen molar-refractivity contribution in [1.82, 2.24) is 9.80 Å². The fraction of sp³-hybridized carbons (Fsp3) is 0.333. The number of amides is 2. The first kappa shape index (κ1) is 23.7. The minimum atomic E-state index is -4.00. The van der Waals surface area contributed by atoms with Crippen molar-refractivity contribution in [2.45, 2.75) is 11.8 Å². The molecule has 1 N–H and O–H groups in total. The van der Waals surface area contributed by atoms with Crippen LogP contribution in [0.3, 0.4) is 0 Å². The molecule has 1 aliphatic heterocycles. The Labute approximate surface area is 191 Å². The normalized spacial score (nSPS) is 14.1. The summed E-state index contributed by atoms with van der Waals surface area (Å²) in [4.78, 5) is 27.8. The zero-order chi connectivity index (χ0) is 23.3. The van der Waals surface area contributed by atoms with Gasteiger partial charge in [-0.15, -0.1) is 0 Å². The van der Waals surface area contributed by atoms with Gasteiger partial charge in [-0.2, -0.15) is 0 Å². The van der Waals surface area contributed by atoms with Gasteiger partial charge in [0, 0.05) is 36.8 Å². The number of anilines is 1. The van der Waals surface area contributed by atoms with E-state index in [2.05, 4.69) is 4.72 Å². The van der Waals surface area contributed by atoms with Gasteiger partial charge in [0.25, 0.3) is 15.9 Å². The van der Waals surface area contributed by atoms with Crippen LogP contribution in [0.1, 0.15) is 17.3 Å². The standard InChI is InChI=1S/C21H24ClN3O6S/c1-3-31-21(27)25-11-9-24(10-12-25)20(26)15-5-4-6-17(13-15)32(28,29)23-18-14-16(22)7-8-19(18)30-2/h4-8,13-14,23H,3,9-12H2,1-2H3. The maximum absolute atomic E-state index is 12.9. The van der Waals surface area contributed by atoms with E-state index in [0.29, 0.717) is 37.0 Å². The second-order valence-corrected chi connectivity index (χ2v) is 9.07. The summed E-state index contributed by atoms with van der Waals surface area (Å²) in [5.41, 5.74) is 0.419. The summed E-state index contributed by atoms with van der Waals surface area (Å²) in [5, 5.41) is 0.342. The van der Waals surface area contributed by atoms with Crippen molar-refractivity contribution in [2.24, 2.45) is 0 Å². The second kappa shape index (κ2) is 10.1. The van der Waals surface area contributed by atoms with Gasteiger partial charge in [0.05, 0.1) is 24.3 Å². The van der Waals surface area contributed by atoms with Crippen LogP contribution in [0.25, 0.3) is 0 Å². The molecule has 0 aromatic heterocycles. The van der Waals surface area contributed by atoms with Crippen LogP contribution in [0.5, 0.6) is 5.75 Å². The van der Waals surface area contributed by atoms with Crippen LogP contribution in [0.2, 0.25) is 5.02 Å². The topological polar surface area (TPSA) is 105 Å². The number of sulfonamides is 1. The molecule has 0 aliphatic carbocycles. The smallest absolute Gasteiger partial charge is 0.409 e. The highest BCUT2D eigenvalue weighted by atomic mass is 35.5. The maximum Gasteiger partial charge on any atom is 0.409 e. The van der Waals surface area contributed by atoms with E-state index in [0.717, 1.165) is 0 Å². The van der Waals surface area contributed by atoms with Crippen LogP contribution in [0, 0.1) is 0 Å². The minimum absolute atomic E-state index is 0.0736. The lowest BCUT2D eigenvalue weighted by Gasteiger charge is -2.34. The average Bonchev–Trinajstić information content (AvgIpc) is 2.79. The number of hydrogen-bond donors (Lipinski definition) is 1. The molecule has 172 valence electrons. The van der Waals surface area contributed by atoms with E-state index in [-0.39, 0.29) is 28.7 Å². The summed E-state index contributed by atoms with van der Waals surface area (Å²) < 4.78 is 38.4. The molecule has 0 atom stereocenters. The second-order valence-electron chi connectivity index (χ2n) is 6.96. The summed E-state index contributed by atoms with van der Waals surface area (Å²) in [6, 6.07) is 10.4. The van der Waals surface area contributed by atoms with Crippen molar-refractivity contribution in [3.8, 4) is 5.75 Å². The van der Waals surface area contributed by atoms with Crippen molar-refractivity contribution in [3.63, 3.8) is 0 Å². The molecule has 0 saturated carbocycles. The number of nitrogens with zero attached hydrogens (tertiary/aromatic N) is 2. The quantitative estimate of drug-likeness (QED) is 0.679. The number of nitrogens with one attached hydrogen (secondary N) is 1. The monoisotopic (exact) mass is 481 g/mol. The number of carbonyl (C=O) groups excluding carboxylic acids is 2. The largest absolute Gasteiger partial charge is 0.495 e. The van der Waals surface area contributed by atoms with Gasteiger partial charge in [-0.3, -0.25) is 9.52 Å². The van der Waals surface area contributed by atoms with Crippen LogP contribution in [-0.2, 0) is 14.8 Å². The van der Waals surface area contributed by atoms with Crippen molar-refractivity contribution in [2.75, 3.05) is 44.6 Å². The highest BCUT2D eigenvalue weighted by molar-refractivity contribution is 7.92. The number of ether oxygens (including phenoxy) is 2. The van der Waals surface area contributed by atoms with Crippen molar-refractivity contribution in [1.29, 1.82) is 0 Å². The molecule has 2 aromatic rings. The van der Waals surface area contributed by atoms with E-state index in [4.69, 9.17) is 21.1 Å². The Hall–Kier alpha value is -2.98. The van der Waals surface area contributed by atoms with Gasteiger partial charge in [-0.25, -0.2) is 13.2 Å². The molecule has 9 nitrogen and oxygen atoms in total. The molecule has 1 heterocycles. The predicted octanol–water partition coefficient (Wildman–Crippen LogP) is 3.06. The summed E-state index contributed by atoms with van der Waals surface area (Å²) in [6.07, 6.45) is -0.407. The lowest BCUT2D eigenvalue weighted by molar-refractivity contribution is 0.0570. The van der Waals surface area contributed by atoms with E-state index in [1.165, 1.54) is 36.3 Å². The molecule has 2 amide bonds. The molecule has 0 radical (unpaired) electrons. The van der Waals surface area contributed by atoms with Crippen LogP contribution in [0.15, 0.2) is 47.4 Å². The third-order valence-electron chi connectivity index (χ3n) is 4.89. The molecule has 1 saturated heterocycles. The van der Waals surface area contributed by atoms with E-state index < -0.39 is 16.1 Å². The molecule has 2 aromatic carbocycles. The van der Waals surface area contributed by atoms with Crippen LogP contribution in [-0.4, -0.2) is 70.1 Å². The van der Waals surface area contributed by atoms with E-state index in [1.807, 2.05) is 0 Å². The van der Waals surface area contributed by atoms with E-state index in [1.54, 1.807) is 30.0 Å². The Bertz CT molecular complexity index is 1100. The Balaban J connectivity index is 1.74.